The summed E-state index contributed by atoms with van der Waals surface area (Å²) in [5, 5.41) is 0. The molecule has 0 radical (unpaired) electrons. The van der Waals surface area contributed by atoms with Gasteiger partial charge >= 0.3 is 17.9 Å². The summed E-state index contributed by atoms with van der Waals surface area (Å²) in [5.41, 5.74) is 0. The highest BCUT2D eigenvalue weighted by atomic mass is 16.6. The highest BCUT2D eigenvalue weighted by Gasteiger charge is 2.19. The molecule has 0 aromatic rings. The molecule has 6 nitrogen and oxygen atoms in total. The van der Waals surface area contributed by atoms with Gasteiger partial charge in [0.1, 0.15) is 13.2 Å². The fourth-order valence-corrected chi connectivity index (χ4v) is 8.34. The van der Waals surface area contributed by atoms with Gasteiger partial charge in [0, 0.05) is 19.3 Å². The Kier molecular flexibility index (Phi) is 46.6. The van der Waals surface area contributed by atoms with Crippen LogP contribution in [0.3, 0.4) is 0 Å². The highest BCUT2D eigenvalue weighted by Crippen LogP contribution is 2.18. The first kappa shape index (κ1) is 59.4. The van der Waals surface area contributed by atoms with E-state index in [4.69, 9.17) is 14.2 Å². The number of esters is 3. The van der Waals surface area contributed by atoms with Gasteiger partial charge in [-0.3, -0.25) is 14.4 Å². The summed E-state index contributed by atoms with van der Waals surface area (Å²) in [6, 6.07) is 0. The van der Waals surface area contributed by atoms with Gasteiger partial charge in [-0.1, -0.05) is 266 Å². The lowest BCUT2D eigenvalue weighted by Crippen LogP contribution is -2.30. The predicted molar refractivity (Wildman–Crippen MR) is 261 cm³/mol. The molecule has 6 heteroatoms. The van der Waals surface area contributed by atoms with E-state index in [2.05, 4.69) is 34.6 Å². The van der Waals surface area contributed by atoms with Crippen molar-refractivity contribution in [2.75, 3.05) is 13.2 Å². The first-order chi connectivity index (χ1) is 29.7. The van der Waals surface area contributed by atoms with Crippen LogP contribution in [-0.2, 0) is 28.6 Å². The number of rotatable bonds is 49. The topological polar surface area (TPSA) is 78.9 Å². The molecule has 0 aliphatic heterocycles. The molecule has 362 valence electrons. The quantitative estimate of drug-likeness (QED) is 0.0344. The van der Waals surface area contributed by atoms with Gasteiger partial charge in [-0.2, -0.15) is 0 Å². The van der Waals surface area contributed by atoms with Gasteiger partial charge in [0.2, 0.25) is 0 Å². The molecule has 0 amide bonds. The summed E-state index contributed by atoms with van der Waals surface area (Å²) in [6.45, 7) is 11.4. The van der Waals surface area contributed by atoms with Crippen molar-refractivity contribution in [2.45, 2.75) is 310 Å². The van der Waals surface area contributed by atoms with Crippen LogP contribution in [0.2, 0.25) is 0 Å². The molecule has 0 saturated heterocycles. The third-order valence-corrected chi connectivity index (χ3v) is 12.5. The Balaban J connectivity index is 4.22. The summed E-state index contributed by atoms with van der Waals surface area (Å²) < 4.78 is 16.8. The fourth-order valence-electron chi connectivity index (χ4n) is 8.34. The zero-order valence-corrected chi connectivity index (χ0v) is 41.8. The van der Waals surface area contributed by atoms with Crippen LogP contribution < -0.4 is 0 Å². The van der Waals surface area contributed by atoms with Gasteiger partial charge in [-0.25, -0.2) is 0 Å². The summed E-state index contributed by atoms with van der Waals surface area (Å²) >= 11 is 0. The minimum Gasteiger partial charge on any atom is -0.462 e. The van der Waals surface area contributed by atoms with E-state index in [1.54, 1.807) is 0 Å². The monoisotopic (exact) mass is 863 g/mol. The van der Waals surface area contributed by atoms with Gasteiger partial charge in [0.25, 0.3) is 0 Å². The molecule has 0 rings (SSSR count). The number of unbranched alkanes of at least 4 members (excludes halogenated alkanes) is 34. The molecule has 0 fully saturated rings. The molecule has 0 spiro atoms. The van der Waals surface area contributed by atoms with Crippen LogP contribution in [-0.4, -0.2) is 37.2 Å². The van der Waals surface area contributed by atoms with E-state index < -0.39 is 6.10 Å². The van der Waals surface area contributed by atoms with Crippen molar-refractivity contribution in [3.63, 3.8) is 0 Å². The van der Waals surface area contributed by atoms with Crippen LogP contribution in [0.25, 0.3) is 0 Å². The zero-order valence-electron chi connectivity index (χ0n) is 41.8. The molecule has 0 aliphatic carbocycles. The largest absolute Gasteiger partial charge is 0.462 e. The first-order valence-corrected chi connectivity index (χ1v) is 27.2. The van der Waals surface area contributed by atoms with Crippen molar-refractivity contribution in [1.82, 2.24) is 0 Å². The number of ether oxygens (including phenoxy) is 3. The first-order valence-electron chi connectivity index (χ1n) is 27.2. The minimum absolute atomic E-state index is 0.0640. The highest BCUT2D eigenvalue weighted by molar-refractivity contribution is 5.71. The van der Waals surface area contributed by atoms with Crippen molar-refractivity contribution in [2.24, 2.45) is 11.8 Å². The smallest absolute Gasteiger partial charge is 0.306 e. The molecular weight excluding hydrogens is 757 g/mol. The van der Waals surface area contributed by atoms with Crippen molar-refractivity contribution >= 4 is 17.9 Å². The Morgan fingerprint density at radius 1 is 0.311 bits per heavy atom. The molecule has 0 heterocycles. The third-order valence-electron chi connectivity index (χ3n) is 12.5. The van der Waals surface area contributed by atoms with E-state index in [-0.39, 0.29) is 31.1 Å². The molecule has 0 saturated carbocycles. The average molecular weight is 863 g/mol. The summed E-state index contributed by atoms with van der Waals surface area (Å²) in [5.74, 6) is 0.783. The second-order valence-corrected chi connectivity index (χ2v) is 19.8. The lowest BCUT2D eigenvalue weighted by Gasteiger charge is -2.18. The van der Waals surface area contributed by atoms with Gasteiger partial charge in [0.15, 0.2) is 6.10 Å². The van der Waals surface area contributed by atoms with Crippen molar-refractivity contribution in [1.29, 1.82) is 0 Å². The maximum atomic E-state index is 12.8. The number of carbonyl (C=O) groups is 3. The Labute approximate surface area is 380 Å². The van der Waals surface area contributed by atoms with Crippen LogP contribution in [0.1, 0.15) is 304 Å². The molecule has 61 heavy (non-hydrogen) atoms. The van der Waals surface area contributed by atoms with E-state index in [1.165, 1.54) is 193 Å². The summed E-state index contributed by atoms with van der Waals surface area (Å²) in [7, 11) is 0. The van der Waals surface area contributed by atoms with Crippen molar-refractivity contribution < 1.29 is 28.6 Å². The van der Waals surface area contributed by atoms with E-state index in [1.807, 2.05) is 0 Å². The molecule has 0 bridgehead atoms. The van der Waals surface area contributed by atoms with Gasteiger partial charge < -0.3 is 14.2 Å². The molecule has 0 aromatic heterocycles. The molecular formula is C55H106O6. The average Bonchev–Trinajstić information content (AvgIpc) is 3.23. The van der Waals surface area contributed by atoms with Crippen LogP contribution in [0.4, 0.5) is 0 Å². The second kappa shape index (κ2) is 47.9. The molecule has 0 N–H and O–H groups in total. The van der Waals surface area contributed by atoms with Gasteiger partial charge in [-0.05, 0) is 31.1 Å². The van der Waals surface area contributed by atoms with Gasteiger partial charge in [-0.15, -0.1) is 0 Å². The molecule has 0 unspecified atom stereocenters. The SMILES string of the molecule is CCCCCCCCCCCCCCCCC(=O)OC[C@@H](COC(=O)CCCCCCCCCCCCCCCCCCC(C)C)OC(=O)CCCCCCCCCC(C)C. The second-order valence-electron chi connectivity index (χ2n) is 19.8. The Morgan fingerprint density at radius 3 is 0.803 bits per heavy atom. The normalized spacial score (nSPS) is 12.0. The fraction of sp³-hybridized carbons (Fsp3) is 0.945. The van der Waals surface area contributed by atoms with Crippen LogP contribution in [0.15, 0.2) is 0 Å². The number of carbonyl (C=O) groups excluding carboxylic acids is 3. The van der Waals surface area contributed by atoms with Crippen LogP contribution >= 0.6 is 0 Å². The standard InChI is InChI=1S/C55H106O6/c1-6-7-8-9-10-11-12-13-19-22-25-30-35-40-45-53(56)59-48-52(61-55(58)47-42-37-32-27-29-34-39-44-51(4)5)49-60-54(57)46-41-36-31-26-23-20-17-15-14-16-18-21-24-28-33-38-43-50(2)3/h50-52H,6-49H2,1-5H3/t52-/m0/s1. The molecule has 1 atom stereocenters. The lowest BCUT2D eigenvalue weighted by atomic mass is 10.0. The number of hydrogen-bond acceptors (Lipinski definition) is 6. The summed E-state index contributed by atoms with van der Waals surface area (Å²) in [4.78, 5) is 38.0. The third kappa shape index (κ3) is 49.3. The Morgan fingerprint density at radius 2 is 0.541 bits per heavy atom. The molecule has 0 aliphatic rings. The Hall–Kier alpha value is -1.59. The van der Waals surface area contributed by atoms with Crippen molar-refractivity contribution in [3.05, 3.63) is 0 Å². The maximum Gasteiger partial charge on any atom is 0.306 e. The predicted octanol–water partition coefficient (Wildman–Crippen LogP) is 17.7. The summed E-state index contributed by atoms with van der Waals surface area (Å²) in [6.07, 6.45) is 49.6. The van der Waals surface area contributed by atoms with E-state index in [0.717, 1.165) is 69.6 Å². The minimum atomic E-state index is -0.762. The van der Waals surface area contributed by atoms with Crippen molar-refractivity contribution in [3.8, 4) is 0 Å². The maximum absolute atomic E-state index is 12.8. The lowest BCUT2D eigenvalue weighted by molar-refractivity contribution is -0.167. The van der Waals surface area contributed by atoms with E-state index >= 15 is 0 Å². The van der Waals surface area contributed by atoms with Crippen LogP contribution in [0, 0.1) is 11.8 Å². The number of hydrogen-bond donors (Lipinski definition) is 0. The van der Waals surface area contributed by atoms with Gasteiger partial charge in [0.05, 0.1) is 0 Å². The zero-order chi connectivity index (χ0) is 44.7. The van der Waals surface area contributed by atoms with Crippen LogP contribution in [0.5, 0.6) is 0 Å². The van der Waals surface area contributed by atoms with E-state index in [0.29, 0.717) is 19.3 Å². The molecule has 0 aromatic carbocycles. The Bertz CT molecular complexity index is 931. The van der Waals surface area contributed by atoms with E-state index in [9.17, 15) is 14.4 Å².